The Kier molecular flexibility index (Phi) is 6.90. The Bertz CT molecular complexity index is 2530. The largest absolute Gasteiger partial charge is 0.302 e. The van der Waals surface area contributed by atoms with Crippen molar-refractivity contribution < 1.29 is 0 Å². The lowest BCUT2D eigenvalue weighted by molar-refractivity contribution is 1.32. The number of benzene rings is 8. The molecule has 8 aromatic carbocycles. The number of para-hydroxylation sites is 4. The minimum absolute atomic E-state index is 1.15. The molecular weight excluding hydrogens is 645 g/mol. The fourth-order valence-electron chi connectivity index (χ4n) is 7.49. The Labute approximate surface area is 298 Å². The Morgan fingerprint density at radius 1 is 0.280 bits per heavy atom. The molecule has 0 aliphatic rings. The Balaban J connectivity index is 1.32. The molecule has 0 spiro atoms. The number of rotatable bonds is 6. The van der Waals surface area contributed by atoms with Crippen LogP contribution in [-0.4, -0.2) is 0 Å². The molecular formula is C46H30N2S2. The van der Waals surface area contributed by atoms with Gasteiger partial charge in [-0.3, -0.25) is 0 Å². The molecule has 2 heterocycles. The van der Waals surface area contributed by atoms with Crippen LogP contribution in [0.15, 0.2) is 182 Å². The molecule has 0 amide bonds. The molecule has 0 unspecified atom stereocenters. The van der Waals surface area contributed by atoms with E-state index in [1.54, 1.807) is 0 Å². The van der Waals surface area contributed by atoms with E-state index in [0.29, 0.717) is 0 Å². The molecule has 0 N–H and O–H groups in total. The van der Waals surface area contributed by atoms with Crippen LogP contribution in [0, 0.1) is 0 Å². The first kappa shape index (κ1) is 29.0. The Morgan fingerprint density at radius 2 is 0.560 bits per heavy atom. The molecule has 236 valence electrons. The maximum Gasteiger partial charge on any atom is 0.101 e. The van der Waals surface area contributed by atoms with Crippen LogP contribution in [0.5, 0.6) is 0 Å². The van der Waals surface area contributed by atoms with E-state index in [4.69, 9.17) is 0 Å². The zero-order chi connectivity index (χ0) is 33.0. The smallest absolute Gasteiger partial charge is 0.101 e. The van der Waals surface area contributed by atoms with E-state index in [2.05, 4.69) is 192 Å². The standard InChI is InChI=1S/C46H30N2S2/c1-5-17-31(18-6-1)47(32-19-7-2-8-20-32)41-29-39-43-36-26-14-16-28-38(36)46-40(44(43)35-25-13-15-27-37(35)45(39)49-41)30-42(50-46)48(33-21-9-3-10-22-33)34-23-11-4-12-24-34/h1-30H. The van der Waals surface area contributed by atoms with E-state index >= 15 is 0 Å². The minimum Gasteiger partial charge on any atom is -0.302 e. The highest BCUT2D eigenvalue weighted by atomic mass is 32.1. The van der Waals surface area contributed by atoms with Gasteiger partial charge in [0.1, 0.15) is 10.0 Å². The van der Waals surface area contributed by atoms with Crippen LogP contribution in [0.4, 0.5) is 32.8 Å². The number of anilines is 6. The predicted molar refractivity (Wildman–Crippen MR) is 219 cm³/mol. The zero-order valence-corrected chi connectivity index (χ0v) is 28.7. The quantitative estimate of drug-likeness (QED) is 0.162. The number of hydrogen-bond acceptors (Lipinski definition) is 4. The normalized spacial score (nSPS) is 11.6. The maximum absolute atomic E-state index is 2.43. The summed E-state index contributed by atoms with van der Waals surface area (Å²) in [7, 11) is 0. The number of fused-ring (bicyclic) bond motifs is 11. The van der Waals surface area contributed by atoms with Crippen LogP contribution < -0.4 is 9.80 Å². The van der Waals surface area contributed by atoms with Crippen molar-refractivity contribution in [3.63, 3.8) is 0 Å². The highest BCUT2D eigenvalue weighted by Crippen LogP contribution is 2.52. The molecule has 10 rings (SSSR count). The van der Waals surface area contributed by atoms with Gasteiger partial charge < -0.3 is 9.80 Å². The molecule has 0 radical (unpaired) electrons. The SMILES string of the molecule is c1ccc(N(c2ccccc2)c2cc3c(s2)c2ccccc2c2c4cc(N(c5ccccc5)c5ccccc5)sc4c4ccccc4c32)cc1. The third kappa shape index (κ3) is 4.61. The lowest BCUT2D eigenvalue weighted by atomic mass is 9.92. The average molecular weight is 675 g/mol. The van der Waals surface area contributed by atoms with Gasteiger partial charge in [-0.05, 0) is 82.2 Å². The van der Waals surface area contributed by atoms with Crippen molar-refractivity contribution in [2.45, 2.75) is 0 Å². The molecule has 0 aliphatic heterocycles. The van der Waals surface area contributed by atoms with Gasteiger partial charge in [0.15, 0.2) is 0 Å². The summed E-state index contributed by atoms with van der Waals surface area (Å²) in [5, 5.41) is 12.8. The Morgan fingerprint density at radius 3 is 0.880 bits per heavy atom. The molecule has 0 saturated heterocycles. The van der Waals surface area contributed by atoms with E-state index in [9.17, 15) is 0 Å². The highest BCUT2D eigenvalue weighted by Gasteiger charge is 2.23. The predicted octanol–water partition coefficient (Wildman–Crippen LogP) is 14.5. The van der Waals surface area contributed by atoms with E-state index in [0.717, 1.165) is 22.7 Å². The average Bonchev–Trinajstić information content (AvgIpc) is 3.82. The van der Waals surface area contributed by atoms with Crippen molar-refractivity contribution in [2.75, 3.05) is 9.80 Å². The van der Waals surface area contributed by atoms with Crippen LogP contribution in [-0.2, 0) is 0 Å². The molecule has 0 bridgehead atoms. The van der Waals surface area contributed by atoms with Gasteiger partial charge >= 0.3 is 0 Å². The van der Waals surface area contributed by atoms with Gasteiger partial charge in [0, 0.05) is 53.7 Å². The van der Waals surface area contributed by atoms with Crippen LogP contribution in [0.25, 0.3) is 52.5 Å². The van der Waals surface area contributed by atoms with E-state index in [1.807, 2.05) is 22.7 Å². The number of nitrogens with zero attached hydrogens (tertiary/aromatic N) is 2. The lowest BCUT2D eigenvalue weighted by Gasteiger charge is -2.23. The summed E-state index contributed by atoms with van der Waals surface area (Å²) in [6.07, 6.45) is 0. The molecule has 0 atom stereocenters. The summed E-state index contributed by atoms with van der Waals surface area (Å²) in [6.45, 7) is 0. The second kappa shape index (κ2) is 11.9. The number of thiophene rings is 2. The summed E-state index contributed by atoms with van der Waals surface area (Å²) in [4.78, 5) is 4.79. The molecule has 50 heavy (non-hydrogen) atoms. The van der Waals surface area contributed by atoms with Crippen LogP contribution in [0.2, 0.25) is 0 Å². The van der Waals surface area contributed by atoms with Crippen molar-refractivity contribution in [2.24, 2.45) is 0 Å². The summed E-state index contributed by atoms with van der Waals surface area (Å²) in [5.74, 6) is 0. The molecule has 2 aromatic heterocycles. The number of hydrogen-bond donors (Lipinski definition) is 0. The van der Waals surface area contributed by atoms with Gasteiger partial charge in [0.2, 0.25) is 0 Å². The molecule has 0 saturated carbocycles. The topological polar surface area (TPSA) is 6.48 Å². The second-order valence-corrected chi connectivity index (χ2v) is 14.6. The van der Waals surface area contributed by atoms with Crippen LogP contribution >= 0.6 is 22.7 Å². The van der Waals surface area contributed by atoms with Gasteiger partial charge in [0.05, 0.1) is 0 Å². The minimum atomic E-state index is 1.15. The molecule has 10 aromatic rings. The van der Waals surface area contributed by atoms with Gasteiger partial charge in [-0.1, -0.05) is 121 Å². The second-order valence-electron chi connectivity index (χ2n) is 12.5. The molecule has 0 aliphatic carbocycles. The van der Waals surface area contributed by atoms with Gasteiger partial charge in [-0.25, -0.2) is 0 Å². The third-order valence-electron chi connectivity index (χ3n) is 9.61. The van der Waals surface area contributed by atoms with Crippen molar-refractivity contribution in [3.8, 4) is 0 Å². The van der Waals surface area contributed by atoms with Crippen LogP contribution in [0.3, 0.4) is 0 Å². The van der Waals surface area contributed by atoms with E-state index < -0.39 is 0 Å². The highest BCUT2D eigenvalue weighted by molar-refractivity contribution is 7.25. The van der Waals surface area contributed by atoms with Crippen LogP contribution in [0.1, 0.15) is 0 Å². The Hall–Kier alpha value is -5.94. The van der Waals surface area contributed by atoms with E-state index in [-0.39, 0.29) is 0 Å². The van der Waals surface area contributed by atoms with Crippen molar-refractivity contribution in [3.05, 3.63) is 182 Å². The molecule has 4 heteroatoms. The lowest BCUT2D eigenvalue weighted by Crippen LogP contribution is -2.07. The maximum atomic E-state index is 2.43. The summed E-state index contributed by atoms with van der Waals surface area (Å²) >= 11 is 3.76. The van der Waals surface area contributed by atoms with Gasteiger partial charge in [0.25, 0.3) is 0 Å². The van der Waals surface area contributed by atoms with Crippen molar-refractivity contribution in [1.29, 1.82) is 0 Å². The summed E-state index contributed by atoms with van der Waals surface area (Å²) in [5.41, 5.74) is 4.59. The van der Waals surface area contributed by atoms with E-state index in [1.165, 1.54) is 62.5 Å². The fourth-order valence-corrected chi connectivity index (χ4v) is 9.98. The van der Waals surface area contributed by atoms with Gasteiger partial charge in [-0.15, -0.1) is 22.7 Å². The van der Waals surface area contributed by atoms with Gasteiger partial charge in [-0.2, -0.15) is 0 Å². The molecule has 2 nitrogen and oxygen atoms in total. The monoisotopic (exact) mass is 674 g/mol. The summed E-state index contributed by atoms with van der Waals surface area (Å²) < 4.78 is 2.63. The first-order valence-electron chi connectivity index (χ1n) is 16.9. The summed E-state index contributed by atoms with van der Waals surface area (Å²) in [6, 6.07) is 65.8. The zero-order valence-electron chi connectivity index (χ0n) is 27.0. The molecule has 0 fully saturated rings. The first-order chi connectivity index (χ1) is 24.8. The first-order valence-corrected chi connectivity index (χ1v) is 18.5. The third-order valence-corrected chi connectivity index (χ3v) is 11.9. The van der Waals surface area contributed by atoms with Crippen molar-refractivity contribution in [1.82, 2.24) is 0 Å². The fraction of sp³-hybridized carbons (Fsp3) is 0. The van der Waals surface area contributed by atoms with Crippen molar-refractivity contribution >= 4 is 108 Å².